The van der Waals surface area contributed by atoms with E-state index in [4.69, 9.17) is 4.74 Å². The zero-order valence-electron chi connectivity index (χ0n) is 13.9. The fraction of sp³-hybridized carbons (Fsp3) is 0.375. The van der Waals surface area contributed by atoms with Crippen LogP contribution in [0.4, 0.5) is 19.3 Å². The van der Waals surface area contributed by atoms with Gasteiger partial charge in [0.1, 0.15) is 0 Å². The van der Waals surface area contributed by atoms with Gasteiger partial charge in [-0.1, -0.05) is 0 Å². The lowest BCUT2D eigenvalue weighted by atomic mass is 10.2. The van der Waals surface area contributed by atoms with Crippen molar-refractivity contribution in [2.75, 3.05) is 18.4 Å². The van der Waals surface area contributed by atoms with Crippen LogP contribution in [-0.2, 0) is 19.1 Å². The van der Waals surface area contributed by atoms with Gasteiger partial charge in [-0.15, -0.1) is 0 Å². The normalized spacial score (nSPS) is 14.8. The highest BCUT2D eigenvalue weighted by Crippen LogP contribution is 2.14. The van der Waals surface area contributed by atoms with Crippen LogP contribution in [0.15, 0.2) is 18.2 Å². The van der Waals surface area contributed by atoms with E-state index >= 15 is 0 Å². The summed E-state index contributed by atoms with van der Waals surface area (Å²) in [7, 11) is 0. The Kier molecular flexibility index (Phi) is 6.21. The summed E-state index contributed by atoms with van der Waals surface area (Å²) >= 11 is 0. The lowest BCUT2D eigenvalue weighted by Crippen LogP contribution is -2.33. The standard InChI is InChI=1S/C16H17F2N3O5/c1-9(15(24)20-10-4-5-11(17)12(18)7-10)26-14(23)3-2-6-21-13(22)8-19-16(21)25/h4-5,7,9H,2-3,6,8H2,1H3,(H,19,25)(H,20,24)/t9-/m0/s1. The quantitative estimate of drug-likeness (QED) is 0.554. The summed E-state index contributed by atoms with van der Waals surface area (Å²) in [6.07, 6.45) is -1.07. The van der Waals surface area contributed by atoms with Gasteiger partial charge in [0.15, 0.2) is 17.7 Å². The number of nitrogens with zero attached hydrogens (tertiary/aromatic N) is 1. The highest BCUT2D eigenvalue weighted by atomic mass is 19.2. The van der Waals surface area contributed by atoms with E-state index in [2.05, 4.69) is 10.6 Å². The molecule has 0 bridgehead atoms. The molecule has 0 spiro atoms. The van der Waals surface area contributed by atoms with Crippen molar-refractivity contribution in [3.63, 3.8) is 0 Å². The number of carbonyl (C=O) groups excluding carboxylic acids is 4. The first kappa shape index (κ1) is 19.3. The van der Waals surface area contributed by atoms with Crippen LogP contribution in [0.1, 0.15) is 19.8 Å². The second-order valence-corrected chi connectivity index (χ2v) is 5.56. The number of imide groups is 1. The van der Waals surface area contributed by atoms with Gasteiger partial charge >= 0.3 is 12.0 Å². The number of benzene rings is 1. The van der Waals surface area contributed by atoms with E-state index < -0.39 is 35.6 Å². The topological polar surface area (TPSA) is 105 Å². The van der Waals surface area contributed by atoms with Gasteiger partial charge in [-0.2, -0.15) is 0 Å². The molecule has 1 aromatic carbocycles. The van der Waals surface area contributed by atoms with E-state index in [1.165, 1.54) is 13.0 Å². The molecule has 0 aliphatic carbocycles. The largest absolute Gasteiger partial charge is 0.453 e. The van der Waals surface area contributed by atoms with E-state index in [0.29, 0.717) is 0 Å². The Bertz CT molecular complexity index is 725. The Labute approximate surface area is 147 Å². The van der Waals surface area contributed by atoms with E-state index in [1.54, 1.807) is 0 Å². The molecule has 1 aliphatic heterocycles. The van der Waals surface area contributed by atoms with Crippen molar-refractivity contribution in [3.05, 3.63) is 29.8 Å². The van der Waals surface area contributed by atoms with Crippen LogP contribution in [0.25, 0.3) is 0 Å². The van der Waals surface area contributed by atoms with Crippen molar-refractivity contribution < 1.29 is 32.7 Å². The fourth-order valence-electron chi connectivity index (χ4n) is 2.19. The minimum Gasteiger partial charge on any atom is -0.453 e. The number of esters is 1. The van der Waals surface area contributed by atoms with Gasteiger partial charge < -0.3 is 15.4 Å². The van der Waals surface area contributed by atoms with Crippen LogP contribution in [0.5, 0.6) is 0 Å². The predicted octanol–water partition coefficient (Wildman–Crippen LogP) is 1.17. The smallest absolute Gasteiger partial charge is 0.324 e. The minimum atomic E-state index is -1.16. The number of nitrogens with one attached hydrogen (secondary N) is 2. The number of hydrogen-bond donors (Lipinski definition) is 2. The fourth-order valence-corrected chi connectivity index (χ4v) is 2.19. The third kappa shape index (κ3) is 4.98. The Hall–Kier alpha value is -3.04. The molecule has 10 heteroatoms. The summed E-state index contributed by atoms with van der Waals surface area (Å²) in [6, 6.07) is 2.32. The SMILES string of the molecule is C[C@H](OC(=O)CCCN1C(=O)CNC1=O)C(=O)Nc1ccc(F)c(F)c1. The Morgan fingerprint density at radius 2 is 2.04 bits per heavy atom. The molecule has 1 heterocycles. The molecule has 1 aromatic rings. The van der Waals surface area contributed by atoms with Crippen LogP contribution >= 0.6 is 0 Å². The summed E-state index contributed by atoms with van der Waals surface area (Å²) in [5.74, 6) is -3.94. The van der Waals surface area contributed by atoms with Crippen LogP contribution in [0.2, 0.25) is 0 Å². The summed E-state index contributed by atoms with van der Waals surface area (Å²) in [5.41, 5.74) is 0.0235. The molecule has 1 fully saturated rings. The van der Waals surface area contributed by atoms with Crippen LogP contribution < -0.4 is 10.6 Å². The lowest BCUT2D eigenvalue weighted by Gasteiger charge is -2.15. The third-order valence-electron chi connectivity index (χ3n) is 3.56. The molecule has 1 atom stereocenters. The number of carbonyl (C=O) groups is 4. The van der Waals surface area contributed by atoms with Crippen molar-refractivity contribution in [1.82, 2.24) is 10.2 Å². The molecule has 0 saturated carbocycles. The Balaban J connectivity index is 1.75. The van der Waals surface area contributed by atoms with Crippen molar-refractivity contribution in [1.29, 1.82) is 0 Å². The number of ether oxygens (including phenoxy) is 1. The van der Waals surface area contributed by atoms with Crippen molar-refractivity contribution in [2.24, 2.45) is 0 Å². The van der Waals surface area contributed by atoms with Crippen molar-refractivity contribution in [3.8, 4) is 0 Å². The van der Waals surface area contributed by atoms with Crippen LogP contribution in [0, 0.1) is 11.6 Å². The molecule has 4 amide bonds. The van der Waals surface area contributed by atoms with E-state index in [1.807, 2.05) is 0 Å². The molecule has 2 N–H and O–H groups in total. The minimum absolute atomic E-state index is 0.0235. The number of halogens is 2. The van der Waals surface area contributed by atoms with Gasteiger partial charge in [0.25, 0.3) is 5.91 Å². The number of anilines is 1. The highest BCUT2D eigenvalue weighted by molar-refractivity contribution is 6.01. The van der Waals surface area contributed by atoms with Crippen molar-refractivity contribution in [2.45, 2.75) is 25.9 Å². The summed E-state index contributed by atoms with van der Waals surface area (Å²) < 4.78 is 30.9. The second kappa shape index (κ2) is 8.37. The van der Waals surface area contributed by atoms with Gasteiger partial charge in [-0.25, -0.2) is 13.6 Å². The molecule has 140 valence electrons. The first-order valence-corrected chi connectivity index (χ1v) is 7.81. The lowest BCUT2D eigenvalue weighted by molar-refractivity contribution is -0.153. The van der Waals surface area contributed by atoms with E-state index in [-0.39, 0.29) is 37.5 Å². The maximum Gasteiger partial charge on any atom is 0.324 e. The molecule has 1 aliphatic rings. The number of urea groups is 1. The zero-order chi connectivity index (χ0) is 19.3. The Morgan fingerprint density at radius 1 is 1.31 bits per heavy atom. The number of rotatable bonds is 7. The maximum absolute atomic E-state index is 13.1. The van der Waals surface area contributed by atoms with Crippen LogP contribution in [0.3, 0.4) is 0 Å². The molecule has 1 saturated heterocycles. The highest BCUT2D eigenvalue weighted by Gasteiger charge is 2.28. The monoisotopic (exact) mass is 369 g/mol. The van der Waals surface area contributed by atoms with E-state index in [0.717, 1.165) is 17.0 Å². The molecule has 0 unspecified atom stereocenters. The van der Waals surface area contributed by atoms with Gasteiger partial charge in [0.05, 0.1) is 6.54 Å². The van der Waals surface area contributed by atoms with Gasteiger partial charge in [0, 0.05) is 24.7 Å². The summed E-state index contributed by atoms with van der Waals surface area (Å²) in [4.78, 5) is 47.3. The van der Waals surface area contributed by atoms with Gasteiger partial charge in [0.2, 0.25) is 5.91 Å². The predicted molar refractivity (Wildman–Crippen MR) is 84.9 cm³/mol. The average molecular weight is 369 g/mol. The summed E-state index contributed by atoms with van der Waals surface area (Å²) in [5, 5.41) is 4.65. The average Bonchev–Trinajstić information content (AvgIpc) is 2.90. The summed E-state index contributed by atoms with van der Waals surface area (Å²) in [6.45, 7) is 1.32. The molecular weight excluding hydrogens is 352 g/mol. The molecular formula is C16H17F2N3O5. The first-order valence-electron chi connectivity index (χ1n) is 7.81. The van der Waals surface area contributed by atoms with Gasteiger partial charge in [-0.3, -0.25) is 19.3 Å². The molecule has 0 aromatic heterocycles. The molecule has 2 rings (SSSR count). The first-order chi connectivity index (χ1) is 12.3. The zero-order valence-corrected chi connectivity index (χ0v) is 13.9. The van der Waals surface area contributed by atoms with Crippen molar-refractivity contribution >= 4 is 29.5 Å². The third-order valence-corrected chi connectivity index (χ3v) is 3.56. The number of hydrogen-bond acceptors (Lipinski definition) is 5. The van der Waals surface area contributed by atoms with Crippen LogP contribution in [-0.4, -0.2) is 47.9 Å². The van der Waals surface area contributed by atoms with Gasteiger partial charge in [-0.05, 0) is 25.5 Å². The molecule has 8 nitrogen and oxygen atoms in total. The second-order valence-electron chi connectivity index (χ2n) is 5.56. The maximum atomic E-state index is 13.1. The number of amides is 4. The molecule has 0 radical (unpaired) electrons. The van der Waals surface area contributed by atoms with E-state index in [9.17, 15) is 28.0 Å². The Morgan fingerprint density at radius 3 is 2.65 bits per heavy atom. The molecule has 26 heavy (non-hydrogen) atoms.